The van der Waals surface area contributed by atoms with Gasteiger partial charge in [-0.3, -0.25) is 0 Å². The topological polar surface area (TPSA) is 76.4 Å². The van der Waals surface area contributed by atoms with Gasteiger partial charge in [0.05, 0.1) is 7.11 Å². The SMILES string of the molecule is CC.COC(=O)NCCCNCCCCN. The second-order valence-corrected chi connectivity index (χ2v) is 3.02. The van der Waals surface area contributed by atoms with E-state index in [0.717, 1.165) is 38.9 Å². The molecular formula is C11H27N3O2. The lowest BCUT2D eigenvalue weighted by atomic mass is 10.3. The van der Waals surface area contributed by atoms with Crippen LogP contribution in [-0.2, 0) is 4.74 Å². The Morgan fingerprint density at radius 2 is 1.75 bits per heavy atom. The van der Waals surface area contributed by atoms with Gasteiger partial charge in [-0.05, 0) is 38.9 Å². The minimum Gasteiger partial charge on any atom is -0.453 e. The third kappa shape index (κ3) is 15.7. The Morgan fingerprint density at radius 3 is 2.31 bits per heavy atom. The number of hydrogen-bond donors (Lipinski definition) is 3. The first-order valence-corrected chi connectivity index (χ1v) is 6.04. The summed E-state index contributed by atoms with van der Waals surface area (Å²) in [5, 5.41) is 5.88. The van der Waals surface area contributed by atoms with Gasteiger partial charge >= 0.3 is 6.09 Å². The molecule has 5 nitrogen and oxygen atoms in total. The van der Waals surface area contributed by atoms with Gasteiger partial charge in [0.1, 0.15) is 0 Å². The third-order valence-electron chi connectivity index (χ3n) is 1.79. The van der Waals surface area contributed by atoms with Crippen LogP contribution in [0.3, 0.4) is 0 Å². The molecule has 5 heteroatoms. The molecule has 0 radical (unpaired) electrons. The zero-order chi connectivity index (χ0) is 12.6. The number of rotatable bonds is 8. The van der Waals surface area contributed by atoms with Crippen molar-refractivity contribution in [3.8, 4) is 0 Å². The van der Waals surface area contributed by atoms with Crippen LogP contribution in [0, 0.1) is 0 Å². The van der Waals surface area contributed by atoms with Gasteiger partial charge in [0.15, 0.2) is 0 Å². The summed E-state index contributed by atoms with van der Waals surface area (Å²) in [6.45, 7) is 7.31. The van der Waals surface area contributed by atoms with Crippen LogP contribution in [0.25, 0.3) is 0 Å². The molecule has 0 aromatic rings. The summed E-state index contributed by atoms with van der Waals surface area (Å²) in [5.74, 6) is 0. The van der Waals surface area contributed by atoms with Gasteiger partial charge in [-0.1, -0.05) is 13.8 Å². The maximum atomic E-state index is 10.6. The lowest BCUT2D eigenvalue weighted by Gasteiger charge is -2.05. The van der Waals surface area contributed by atoms with Gasteiger partial charge < -0.3 is 21.1 Å². The van der Waals surface area contributed by atoms with Crippen LogP contribution >= 0.6 is 0 Å². The van der Waals surface area contributed by atoms with Gasteiger partial charge in [-0.15, -0.1) is 0 Å². The van der Waals surface area contributed by atoms with Crippen LogP contribution in [0.15, 0.2) is 0 Å². The molecule has 0 unspecified atom stereocenters. The van der Waals surface area contributed by atoms with Crippen molar-refractivity contribution in [3.63, 3.8) is 0 Å². The van der Waals surface area contributed by atoms with Crippen molar-refractivity contribution < 1.29 is 9.53 Å². The standard InChI is InChI=1S/C9H21N3O2.C2H6/c1-14-9(13)12-8-4-7-11-6-3-2-5-10;1-2/h11H,2-8,10H2,1H3,(H,12,13);1-2H3. The molecule has 0 saturated heterocycles. The van der Waals surface area contributed by atoms with E-state index in [2.05, 4.69) is 15.4 Å². The van der Waals surface area contributed by atoms with Crippen molar-refractivity contribution in [2.75, 3.05) is 33.3 Å². The zero-order valence-corrected chi connectivity index (χ0v) is 10.8. The van der Waals surface area contributed by atoms with Crippen molar-refractivity contribution in [2.45, 2.75) is 33.1 Å². The fourth-order valence-electron chi connectivity index (χ4n) is 0.995. The first-order valence-electron chi connectivity index (χ1n) is 6.04. The Balaban J connectivity index is 0. The van der Waals surface area contributed by atoms with Crippen LogP contribution in [0.1, 0.15) is 33.1 Å². The van der Waals surface area contributed by atoms with Crippen molar-refractivity contribution >= 4 is 6.09 Å². The monoisotopic (exact) mass is 233 g/mol. The summed E-state index contributed by atoms with van der Waals surface area (Å²) < 4.78 is 4.43. The maximum absolute atomic E-state index is 10.6. The molecule has 0 fully saturated rings. The highest BCUT2D eigenvalue weighted by Crippen LogP contribution is 1.82. The molecule has 98 valence electrons. The Labute approximate surface area is 99.1 Å². The second kappa shape index (κ2) is 16.6. The van der Waals surface area contributed by atoms with Gasteiger partial charge in [0.2, 0.25) is 0 Å². The number of alkyl carbamates (subject to hydrolysis) is 1. The second-order valence-electron chi connectivity index (χ2n) is 3.02. The molecule has 4 N–H and O–H groups in total. The summed E-state index contributed by atoms with van der Waals surface area (Å²) in [6, 6.07) is 0. The van der Waals surface area contributed by atoms with E-state index in [1.165, 1.54) is 7.11 Å². The Morgan fingerprint density at radius 1 is 1.12 bits per heavy atom. The van der Waals surface area contributed by atoms with E-state index in [9.17, 15) is 4.79 Å². The minimum absolute atomic E-state index is 0.367. The number of carbonyl (C=O) groups excluding carboxylic acids is 1. The van der Waals surface area contributed by atoms with Crippen LogP contribution < -0.4 is 16.4 Å². The average Bonchev–Trinajstić information content (AvgIpc) is 2.34. The van der Waals surface area contributed by atoms with Crippen molar-refractivity contribution in [2.24, 2.45) is 5.73 Å². The van der Waals surface area contributed by atoms with E-state index in [1.54, 1.807) is 0 Å². The molecule has 0 spiro atoms. The summed E-state index contributed by atoms with van der Waals surface area (Å²) in [7, 11) is 1.36. The maximum Gasteiger partial charge on any atom is 0.406 e. The number of methoxy groups -OCH3 is 1. The fourth-order valence-corrected chi connectivity index (χ4v) is 0.995. The van der Waals surface area contributed by atoms with Crippen molar-refractivity contribution in [1.29, 1.82) is 0 Å². The van der Waals surface area contributed by atoms with E-state index >= 15 is 0 Å². The Kier molecular flexibility index (Phi) is 18.3. The number of nitrogens with two attached hydrogens (primary N) is 1. The molecular weight excluding hydrogens is 206 g/mol. The van der Waals surface area contributed by atoms with Crippen molar-refractivity contribution in [1.82, 2.24) is 10.6 Å². The highest BCUT2D eigenvalue weighted by Gasteiger charge is 1.95. The molecule has 0 aliphatic heterocycles. The fraction of sp³-hybridized carbons (Fsp3) is 0.909. The highest BCUT2D eigenvalue weighted by molar-refractivity contribution is 5.66. The van der Waals surface area contributed by atoms with E-state index in [4.69, 9.17) is 5.73 Å². The minimum atomic E-state index is -0.367. The quantitative estimate of drug-likeness (QED) is 0.548. The molecule has 0 heterocycles. The molecule has 1 amide bonds. The molecule has 16 heavy (non-hydrogen) atoms. The predicted molar refractivity (Wildman–Crippen MR) is 67.5 cm³/mol. The average molecular weight is 233 g/mol. The first-order chi connectivity index (χ1) is 7.81. The molecule has 0 aliphatic carbocycles. The number of nitrogens with one attached hydrogen (secondary N) is 2. The number of carbonyl (C=O) groups is 1. The van der Waals surface area contributed by atoms with Gasteiger partial charge in [0, 0.05) is 6.54 Å². The lowest BCUT2D eigenvalue weighted by Crippen LogP contribution is -2.27. The van der Waals surface area contributed by atoms with Crippen LogP contribution in [0.4, 0.5) is 4.79 Å². The van der Waals surface area contributed by atoms with Gasteiger partial charge in [-0.25, -0.2) is 4.79 Å². The van der Waals surface area contributed by atoms with E-state index < -0.39 is 0 Å². The molecule has 0 aromatic heterocycles. The number of amides is 1. The molecule has 0 atom stereocenters. The smallest absolute Gasteiger partial charge is 0.406 e. The molecule has 0 rings (SSSR count). The van der Waals surface area contributed by atoms with Crippen molar-refractivity contribution in [3.05, 3.63) is 0 Å². The molecule has 0 aromatic carbocycles. The predicted octanol–water partition coefficient (Wildman–Crippen LogP) is 1.09. The Hall–Kier alpha value is -0.810. The third-order valence-corrected chi connectivity index (χ3v) is 1.79. The summed E-state index contributed by atoms with van der Waals surface area (Å²) in [6.07, 6.45) is 2.72. The number of unbranched alkanes of at least 4 members (excludes halogenated alkanes) is 1. The molecule has 0 aliphatic rings. The summed E-state index contributed by atoms with van der Waals surface area (Å²) in [5.41, 5.74) is 5.35. The van der Waals surface area contributed by atoms with E-state index in [0.29, 0.717) is 6.54 Å². The van der Waals surface area contributed by atoms with E-state index in [1.807, 2.05) is 13.8 Å². The highest BCUT2D eigenvalue weighted by atomic mass is 16.5. The van der Waals surface area contributed by atoms with Crippen LogP contribution in [-0.4, -0.2) is 39.4 Å². The van der Waals surface area contributed by atoms with Gasteiger partial charge in [0.25, 0.3) is 0 Å². The summed E-state index contributed by atoms with van der Waals surface area (Å²) >= 11 is 0. The van der Waals surface area contributed by atoms with Crippen LogP contribution in [0.5, 0.6) is 0 Å². The zero-order valence-electron chi connectivity index (χ0n) is 10.8. The molecule has 0 saturated carbocycles. The number of hydrogen-bond acceptors (Lipinski definition) is 4. The van der Waals surface area contributed by atoms with Crippen LogP contribution in [0.2, 0.25) is 0 Å². The normalized spacial score (nSPS) is 9.00. The Bertz CT molecular complexity index is 143. The first kappa shape index (κ1) is 17.6. The van der Waals surface area contributed by atoms with E-state index in [-0.39, 0.29) is 6.09 Å². The number of ether oxygens (including phenoxy) is 1. The largest absolute Gasteiger partial charge is 0.453 e. The molecule has 0 bridgehead atoms. The summed E-state index contributed by atoms with van der Waals surface area (Å²) in [4.78, 5) is 10.6. The van der Waals surface area contributed by atoms with Gasteiger partial charge in [-0.2, -0.15) is 0 Å². The lowest BCUT2D eigenvalue weighted by molar-refractivity contribution is 0.171.